The van der Waals surface area contributed by atoms with Gasteiger partial charge >= 0.3 is 0 Å². The number of likely N-dealkylation sites (tertiary alicyclic amines) is 1. The van der Waals surface area contributed by atoms with E-state index in [1.807, 2.05) is 4.68 Å². The molecule has 100 valence electrons. The molecule has 4 nitrogen and oxygen atoms in total. The number of hydrogen-bond acceptors (Lipinski definition) is 3. The number of aromatic nitrogens is 2. The number of aliphatic hydroxyl groups is 1. The second kappa shape index (κ2) is 4.32. The van der Waals surface area contributed by atoms with Crippen LogP contribution in [0.3, 0.4) is 0 Å². The zero-order chi connectivity index (χ0) is 12.9. The van der Waals surface area contributed by atoms with Gasteiger partial charge in [0.1, 0.15) is 5.60 Å². The van der Waals surface area contributed by atoms with Gasteiger partial charge in [0.2, 0.25) is 0 Å². The topological polar surface area (TPSA) is 41.3 Å². The van der Waals surface area contributed by atoms with Crippen LogP contribution in [0.15, 0.2) is 10.7 Å². The third-order valence-electron chi connectivity index (χ3n) is 4.19. The normalized spacial score (nSPS) is 33.2. The van der Waals surface area contributed by atoms with E-state index in [1.165, 1.54) is 12.8 Å². The van der Waals surface area contributed by atoms with Crippen LogP contribution in [-0.2, 0) is 12.1 Å². The molecule has 2 aliphatic rings. The summed E-state index contributed by atoms with van der Waals surface area (Å²) in [6.07, 6.45) is 5.16. The molecule has 1 aliphatic carbocycles. The minimum Gasteiger partial charge on any atom is -0.382 e. The molecule has 18 heavy (non-hydrogen) atoms. The van der Waals surface area contributed by atoms with E-state index in [2.05, 4.69) is 39.8 Å². The van der Waals surface area contributed by atoms with Crippen LogP contribution in [0.2, 0.25) is 0 Å². The average Bonchev–Trinajstić information content (AvgIpc) is 3.02. The van der Waals surface area contributed by atoms with E-state index in [1.54, 1.807) is 6.20 Å². The van der Waals surface area contributed by atoms with Crippen molar-refractivity contribution in [3.05, 3.63) is 16.4 Å². The van der Waals surface area contributed by atoms with Crippen LogP contribution in [-0.4, -0.2) is 38.4 Å². The van der Waals surface area contributed by atoms with Gasteiger partial charge in [0.05, 0.1) is 16.4 Å². The van der Waals surface area contributed by atoms with E-state index in [0.717, 1.165) is 29.7 Å². The van der Waals surface area contributed by atoms with Crippen molar-refractivity contribution in [2.24, 2.45) is 0 Å². The van der Waals surface area contributed by atoms with Crippen molar-refractivity contribution >= 4 is 15.9 Å². The molecule has 1 aromatic heterocycles. The molecular weight excluding hydrogens is 294 g/mol. The molecule has 0 aromatic carbocycles. The van der Waals surface area contributed by atoms with Crippen molar-refractivity contribution in [2.45, 2.75) is 57.3 Å². The quantitative estimate of drug-likeness (QED) is 0.929. The Kier molecular flexibility index (Phi) is 3.03. The van der Waals surface area contributed by atoms with Crippen LogP contribution in [0.4, 0.5) is 0 Å². The number of rotatable bonds is 3. The van der Waals surface area contributed by atoms with Crippen molar-refractivity contribution in [1.82, 2.24) is 14.7 Å². The minimum atomic E-state index is -0.757. The Morgan fingerprint density at radius 3 is 2.89 bits per heavy atom. The molecule has 2 atom stereocenters. The van der Waals surface area contributed by atoms with E-state index in [0.29, 0.717) is 12.1 Å². The lowest BCUT2D eigenvalue weighted by Gasteiger charge is -2.25. The Hall–Kier alpha value is -0.390. The molecule has 1 aliphatic heterocycles. The molecule has 1 aromatic rings. The second-order valence-corrected chi connectivity index (χ2v) is 6.50. The van der Waals surface area contributed by atoms with Gasteiger partial charge < -0.3 is 5.11 Å². The molecule has 1 N–H and O–H groups in total. The van der Waals surface area contributed by atoms with Crippen LogP contribution in [0, 0.1) is 0 Å². The van der Waals surface area contributed by atoms with Gasteiger partial charge in [0.15, 0.2) is 0 Å². The number of halogens is 1. The van der Waals surface area contributed by atoms with Crippen LogP contribution in [0.5, 0.6) is 0 Å². The Bertz CT molecular complexity index is 457. The van der Waals surface area contributed by atoms with Gasteiger partial charge in [-0.1, -0.05) is 0 Å². The molecule has 2 unspecified atom stereocenters. The van der Waals surface area contributed by atoms with Crippen molar-refractivity contribution < 1.29 is 5.11 Å². The predicted molar refractivity (Wildman–Crippen MR) is 73.3 cm³/mol. The number of hydrogen-bond donors (Lipinski definition) is 1. The molecule has 1 saturated heterocycles. The van der Waals surface area contributed by atoms with Crippen LogP contribution >= 0.6 is 15.9 Å². The van der Waals surface area contributed by atoms with Gasteiger partial charge in [0.25, 0.3) is 0 Å². The summed E-state index contributed by atoms with van der Waals surface area (Å²) in [4.78, 5) is 2.46. The third-order valence-corrected chi connectivity index (χ3v) is 4.77. The Morgan fingerprint density at radius 2 is 2.28 bits per heavy atom. The van der Waals surface area contributed by atoms with E-state index >= 15 is 0 Å². The highest BCUT2D eigenvalue weighted by Gasteiger charge is 2.49. The minimum absolute atomic E-state index is 0.453. The van der Waals surface area contributed by atoms with Gasteiger partial charge in [-0.2, -0.15) is 5.10 Å². The molecule has 0 amide bonds. The summed E-state index contributed by atoms with van der Waals surface area (Å²) in [6, 6.07) is 1.15. The van der Waals surface area contributed by atoms with Gasteiger partial charge in [-0.15, -0.1) is 0 Å². The van der Waals surface area contributed by atoms with Gasteiger partial charge in [-0.05, 0) is 49.0 Å². The predicted octanol–water partition coefficient (Wildman–Crippen LogP) is 2.11. The summed E-state index contributed by atoms with van der Waals surface area (Å²) in [5.41, 5.74) is 0.188. The molecule has 3 rings (SSSR count). The highest BCUT2D eigenvalue weighted by Crippen LogP contribution is 2.43. The van der Waals surface area contributed by atoms with Crippen LogP contribution in [0.1, 0.15) is 38.8 Å². The first-order chi connectivity index (χ1) is 8.55. The summed E-state index contributed by atoms with van der Waals surface area (Å²) in [7, 11) is 0. The molecule has 0 bridgehead atoms. The van der Waals surface area contributed by atoms with Crippen LogP contribution < -0.4 is 0 Å². The Balaban J connectivity index is 1.92. The fourth-order valence-electron chi connectivity index (χ4n) is 3.26. The van der Waals surface area contributed by atoms with E-state index in [4.69, 9.17) is 0 Å². The standard InChI is InChI=1S/C13H20BrN3O/c1-3-17-12(11(14)7-15-17)13(18)6-9(2)16(8-13)10-4-5-10/h7,9-10,18H,3-6,8H2,1-2H3. The first-order valence-electron chi connectivity index (χ1n) is 6.75. The van der Waals surface area contributed by atoms with Crippen molar-refractivity contribution in [2.75, 3.05) is 6.54 Å². The largest absolute Gasteiger partial charge is 0.382 e. The highest BCUT2D eigenvalue weighted by atomic mass is 79.9. The Morgan fingerprint density at radius 1 is 1.56 bits per heavy atom. The van der Waals surface area contributed by atoms with E-state index in [-0.39, 0.29) is 0 Å². The molecule has 5 heteroatoms. The zero-order valence-corrected chi connectivity index (χ0v) is 12.5. The summed E-state index contributed by atoms with van der Waals surface area (Å²) < 4.78 is 2.84. The lowest BCUT2D eigenvalue weighted by molar-refractivity contribution is 0.0354. The van der Waals surface area contributed by atoms with Crippen molar-refractivity contribution in [3.63, 3.8) is 0 Å². The maximum absolute atomic E-state index is 11.0. The molecule has 2 heterocycles. The number of aryl methyl sites for hydroxylation is 1. The van der Waals surface area contributed by atoms with Crippen molar-refractivity contribution in [3.8, 4) is 0 Å². The molecular formula is C13H20BrN3O. The molecule has 0 radical (unpaired) electrons. The molecule has 2 fully saturated rings. The number of nitrogens with zero attached hydrogens (tertiary/aromatic N) is 3. The van der Waals surface area contributed by atoms with E-state index in [9.17, 15) is 5.11 Å². The lowest BCUT2D eigenvalue weighted by atomic mass is 9.96. The van der Waals surface area contributed by atoms with Gasteiger partial charge in [-0.25, -0.2) is 0 Å². The lowest BCUT2D eigenvalue weighted by Crippen LogP contribution is -2.35. The fourth-order valence-corrected chi connectivity index (χ4v) is 3.93. The third kappa shape index (κ3) is 1.92. The molecule has 0 spiro atoms. The first kappa shape index (κ1) is 12.6. The smallest absolute Gasteiger partial charge is 0.121 e. The van der Waals surface area contributed by atoms with Crippen LogP contribution in [0.25, 0.3) is 0 Å². The molecule has 1 saturated carbocycles. The zero-order valence-electron chi connectivity index (χ0n) is 10.9. The van der Waals surface area contributed by atoms with Gasteiger partial charge in [0, 0.05) is 25.2 Å². The summed E-state index contributed by atoms with van der Waals surface area (Å²) in [5, 5.41) is 15.4. The van der Waals surface area contributed by atoms with E-state index < -0.39 is 5.60 Å². The maximum Gasteiger partial charge on any atom is 0.121 e. The first-order valence-corrected chi connectivity index (χ1v) is 7.54. The van der Waals surface area contributed by atoms with Crippen molar-refractivity contribution in [1.29, 1.82) is 0 Å². The average molecular weight is 314 g/mol. The van der Waals surface area contributed by atoms with Gasteiger partial charge in [-0.3, -0.25) is 9.58 Å². The SMILES string of the molecule is CCn1ncc(Br)c1C1(O)CC(C)N(C2CC2)C1. The highest BCUT2D eigenvalue weighted by molar-refractivity contribution is 9.10. The second-order valence-electron chi connectivity index (χ2n) is 5.65. The maximum atomic E-state index is 11.0. The monoisotopic (exact) mass is 313 g/mol. The summed E-state index contributed by atoms with van der Waals surface area (Å²) in [6.45, 7) is 5.81. The summed E-state index contributed by atoms with van der Waals surface area (Å²) in [5.74, 6) is 0. The Labute approximate surface area is 116 Å². The summed E-state index contributed by atoms with van der Waals surface area (Å²) >= 11 is 3.53. The fraction of sp³-hybridized carbons (Fsp3) is 0.769. The number of β-amino-alcohol motifs (C(OH)–C–C–N with tert-alkyl or cyclic N) is 1.